The van der Waals surface area contributed by atoms with Crippen LogP contribution in [0.1, 0.15) is 5.82 Å². The molecule has 0 unspecified atom stereocenters. The summed E-state index contributed by atoms with van der Waals surface area (Å²) < 4.78 is 10.3. The number of hydrogen-bond donors (Lipinski definition) is 2. The maximum atomic E-state index is 8.52. The van der Waals surface area contributed by atoms with Crippen molar-refractivity contribution >= 4 is 17.5 Å². The number of hydrogen-bond acceptors (Lipinski definition) is 8. The lowest BCUT2D eigenvalue weighted by molar-refractivity contribution is 0.353. The van der Waals surface area contributed by atoms with Crippen molar-refractivity contribution in [2.45, 2.75) is 0 Å². The molecule has 0 aliphatic rings. The van der Waals surface area contributed by atoms with E-state index >= 15 is 0 Å². The Bertz CT molecular complexity index is 1150. The number of rotatable bonds is 7. The predicted molar refractivity (Wildman–Crippen MR) is 115 cm³/mol. The molecule has 4 N–H and O–H groups in total. The molecule has 156 valence electrons. The fourth-order valence-electron chi connectivity index (χ4n) is 2.35. The zero-order valence-corrected chi connectivity index (χ0v) is 16.6. The number of ether oxygens (including phenoxy) is 1. The van der Waals surface area contributed by atoms with Crippen LogP contribution in [0.5, 0.6) is 5.88 Å². The summed E-state index contributed by atoms with van der Waals surface area (Å²) in [6, 6.07) is 14.6. The number of amidine groups is 1. The van der Waals surface area contributed by atoms with Gasteiger partial charge in [0.25, 0.3) is 5.89 Å². The molecular formula is C20H19N9O2. The number of nitrogens with two attached hydrogens (primary N) is 2. The van der Waals surface area contributed by atoms with Crippen molar-refractivity contribution < 1.29 is 9.26 Å². The van der Waals surface area contributed by atoms with Gasteiger partial charge in [-0.2, -0.15) is 20.2 Å². The molecule has 0 bridgehead atoms. The van der Waals surface area contributed by atoms with Crippen molar-refractivity contribution in [3.63, 3.8) is 0 Å². The van der Waals surface area contributed by atoms with Gasteiger partial charge in [0.1, 0.15) is 11.9 Å². The first-order chi connectivity index (χ1) is 15.0. The maximum Gasteiger partial charge on any atom is 0.259 e. The molecule has 31 heavy (non-hydrogen) atoms. The number of aliphatic imine (C=N–C) groups is 2. The second-order valence-electron chi connectivity index (χ2n) is 6.03. The van der Waals surface area contributed by atoms with E-state index in [0.717, 1.165) is 5.69 Å². The van der Waals surface area contributed by atoms with E-state index in [-0.39, 0.29) is 30.1 Å². The summed E-state index contributed by atoms with van der Waals surface area (Å²) in [5, 5.41) is 12.3. The number of nitriles is 1. The van der Waals surface area contributed by atoms with Gasteiger partial charge in [-0.3, -0.25) is 0 Å². The van der Waals surface area contributed by atoms with Gasteiger partial charge in [-0.05, 0) is 18.2 Å². The van der Waals surface area contributed by atoms with E-state index < -0.39 is 0 Å². The van der Waals surface area contributed by atoms with E-state index in [0.29, 0.717) is 17.3 Å². The zero-order valence-electron chi connectivity index (χ0n) is 16.6. The second-order valence-corrected chi connectivity index (χ2v) is 6.03. The molecule has 1 aromatic carbocycles. The molecule has 3 rings (SSSR count). The maximum absolute atomic E-state index is 8.52. The van der Waals surface area contributed by atoms with E-state index in [1.807, 2.05) is 36.4 Å². The number of anilines is 1. The highest BCUT2D eigenvalue weighted by atomic mass is 16.5. The lowest BCUT2D eigenvalue weighted by atomic mass is 10.3. The molecule has 3 aromatic rings. The number of aromatic nitrogens is 3. The molecule has 0 amide bonds. The number of para-hydroxylation sites is 1. The first kappa shape index (κ1) is 21.0. The van der Waals surface area contributed by atoms with Crippen molar-refractivity contribution in [1.29, 1.82) is 5.26 Å². The predicted octanol–water partition coefficient (Wildman–Crippen LogP) is 1.66. The number of nitrogens with zero attached hydrogens (tertiary/aromatic N) is 7. The molecule has 0 aliphatic carbocycles. The van der Waals surface area contributed by atoms with Crippen molar-refractivity contribution in [3.05, 3.63) is 66.9 Å². The summed E-state index contributed by atoms with van der Waals surface area (Å²) in [6.07, 6.45) is 1.47. The SMILES string of the molecule is C=C(N=C(N)N=C(N)c1noc(-c2ccc(OCC#N)nc2)n1)N(C)c1ccccc1. The third-order valence-electron chi connectivity index (χ3n) is 3.93. The van der Waals surface area contributed by atoms with Crippen molar-refractivity contribution in [2.24, 2.45) is 21.5 Å². The summed E-state index contributed by atoms with van der Waals surface area (Å²) in [5.74, 6) is 0.705. The van der Waals surface area contributed by atoms with Crippen LogP contribution >= 0.6 is 0 Å². The van der Waals surface area contributed by atoms with Crippen LogP contribution in [0.3, 0.4) is 0 Å². The molecule has 0 spiro atoms. The summed E-state index contributed by atoms with van der Waals surface area (Å²) >= 11 is 0. The molecule has 2 aromatic heterocycles. The van der Waals surface area contributed by atoms with Crippen LogP contribution in [-0.2, 0) is 0 Å². The van der Waals surface area contributed by atoms with Gasteiger partial charge in [0.2, 0.25) is 17.7 Å². The van der Waals surface area contributed by atoms with Crippen LogP contribution in [0.2, 0.25) is 0 Å². The summed E-state index contributed by atoms with van der Waals surface area (Å²) in [7, 11) is 1.80. The lowest BCUT2D eigenvalue weighted by Gasteiger charge is -2.18. The first-order valence-corrected chi connectivity index (χ1v) is 8.94. The van der Waals surface area contributed by atoms with Crippen molar-refractivity contribution in [1.82, 2.24) is 15.1 Å². The van der Waals surface area contributed by atoms with Gasteiger partial charge in [0.15, 0.2) is 12.4 Å². The quantitative estimate of drug-likeness (QED) is 0.429. The molecule has 0 saturated heterocycles. The molecular weight excluding hydrogens is 398 g/mol. The van der Waals surface area contributed by atoms with Crippen molar-refractivity contribution in [2.75, 3.05) is 18.6 Å². The highest BCUT2D eigenvalue weighted by Crippen LogP contribution is 2.19. The van der Waals surface area contributed by atoms with Gasteiger partial charge in [-0.1, -0.05) is 29.9 Å². The Kier molecular flexibility index (Phi) is 6.54. The Morgan fingerprint density at radius 3 is 2.68 bits per heavy atom. The van der Waals surface area contributed by atoms with Gasteiger partial charge in [0.05, 0.1) is 5.56 Å². The minimum atomic E-state index is -0.114. The fourth-order valence-corrected chi connectivity index (χ4v) is 2.35. The van der Waals surface area contributed by atoms with Gasteiger partial charge < -0.3 is 25.6 Å². The van der Waals surface area contributed by atoms with Crippen LogP contribution in [0.4, 0.5) is 5.69 Å². The van der Waals surface area contributed by atoms with Crippen LogP contribution in [0.15, 0.2) is 75.6 Å². The summed E-state index contributed by atoms with van der Waals surface area (Å²) in [5.41, 5.74) is 13.2. The number of benzene rings is 1. The highest BCUT2D eigenvalue weighted by molar-refractivity contribution is 6.02. The molecule has 0 saturated carbocycles. The molecule has 0 atom stereocenters. The second kappa shape index (κ2) is 9.66. The smallest absolute Gasteiger partial charge is 0.259 e. The molecule has 11 heteroatoms. The van der Waals surface area contributed by atoms with Gasteiger partial charge in [-0.15, -0.1) is 0 Å². The van der Waals surface area contributed by atoms with Gasteiger partial charge in [0, 0.05) is 25.0 Å². The molecule has 0 fully saturated rings. The van der Waals surface area contributed by atoms with E-state index in [4.69, 9.17) is 26.0 Å². The number of pyridine rings is 1. The van der Waals surface area contributed by atoms with Crippen molar-refractivity contribution in [3.8, 4) is 23.4 Å². The largest absolute Gasteiger partial charge is 0.462 e. The minimum absolute atomic E-state index is 0.0417. The monoisotopic (exact) mass is 417 g/mol. The third-order valence-corrected chi connectivity index (χ3v) is 3.93. The fraction of sp³-hybridized carbons (Fsp3) is 0.100. The first-order valence-electron chi connectivity index (χ1n) is 8.94. The number of guanidine groups is 1. The van der Waals surface area contributed by atoms with E-state index in [9.17, 15) is 0 Å². The van der Waals surface area contributed by atoms with Crippen LogP contribution in [0, 0.1) is 11.3 Å². The average molecular weight is 417 g/mol. The minimum Gasteiger partial charge on any atom is -0.462 e. The normalized spacial score (nSPS) is 11.6. The molecule has 0 aliphatic heterocycles. The Morgan fingerprint density at radius 1 is 1.23 bits per heavy atom. The van der Waals surface area contributed by atoms with Crippen LogP contribution in [-0.4, -0.2) is 40.6 Å². The molecule has 2 heterocycles. The van der Waals surface area contributed by atoms with E-state index in [2.05, 4.69) is 31.7 Å². The Hall–Kier alpha value is -4.72. The highest BCUT2D eigenvalue weighted by Gasteiger charge is 2.13. The molecule has 0 radical (unpaired) electrons. The summed E-state index contributed by atoms with van der Waals surface area (Å²) in [6.45, 7) is 3.79. The Morgan fingerprint density at radius 2 is 2.00 bits per heavy atom. The Balaban J connectivity index is 1.70. The topological polar surface area (TPSA) is 165 Å². The lowest BCUT2D eigenvalue weighted by Crippen LogP contribution is -2.22. The Labute approximate surface area is 178 Å². The molecule has 11 nitrogen and oxygen atoms in total. The average Bonchev–Trinajstić information content (AvgIpc) is 3.28. The van der Waals surface area contributed by atoms with Crippen LogP contribution < -0.4 is 21.1 Å². The van der Waals surface area contributed by atoms with E-state index in [1.165, 1.54) is 6.20 Å². The summed E-state index contributed by atoms with van der Waals surface area (Å²) in [4.78, 5) is 18.1. The zero-order chi connectivity index (χ0) is 22.2. The standard InChI is InChI=1S/C20H19N9O2/c1-13(29(2)15-6-4-3-5-7-15)25-20(23)26-17(22)18-27-19(31-28-18)14-8-9-16(24-12-14)30-11-10-21/h3-9,12H,1,11H2,2H3,(H4,22,23,25,26). The van der Waals surface area contributed by atoms with Crippen LogP contribution in [0.25, 0.3) is 11.5 Å². The third kappa shape index (κ3) is 5.42. The van der Waals surface area contributed by atoms with Gasteiger partial charge in [-0.25, -0.2) is 4.98 Å². The van der Waals surface area contributed by atoms with E-state index in [1.54, 1.807) is 24.1 Å². The van der Waals surface area contributed by atoms with Gasteiger partial charge >= 0.3 is 0 Å².